The summed E-state index contributed by atoms with van der Waals surface area (Å²) in [6.45, 7) is 0.105. The van der Waals surface area contributed by atoms with Crippen LogP contribution in [0.4, 0.5) is 10.5 Å². The summed E-state index contributed by atoms with van der Waals surface area (Å²) in [6.07, 6.45) is 1.79. The number of rotatable bonds is 10. The molecule has 0 aliphatic rings. The Morgan fingerprint density at radius 1 is 1.03 bits per heavy atom. The number of primary amides is 1. The van der Waals surface area contributed by atoms with Crippen molar-refractivity contribution in [3.63, 3.8) is 0 Å². The second-order valence-electron chi connectivity index (χ2n) is 6.96. The van der Waals surface area contributed by atoms with Crippen molar-refractivity contribution < 1.29 is 28.6 Å². The van der Waals surface area contributed by atoms with Crippen LogP contribution >= 0.6 is 11.5 Å². The number of amides is 3. The van der Waals surface area contributed by atoms with Crippen LogP contribution in [0.1, 0.15) is 6.42 Å². The monoisotopic (exact) mass is 486 g/mol. The molecule has 10 nitrogen and oxygen atoms in total. The first-order valence-corrected chi connectivity index (χ1v) is 11.0. The Hall–Kier alpha value is -3.83. The fourth-order valence-electron chi connectivity index (χ4n) is 3.34. The molecule has 0 radical (unpaired) electrons. The molecule has 3 aromatic rings. The van der Waals surface area contributed by atoms with E-state index in [-0.39, 0.29) is 13.0 Å². The van der Waals surface area contributed by atoms with Gasteiger partial charge in [0.05, 0.1) is 39.0 Å². The van der Waals surface area contributed by atoms with E-state index in [9.17, 15) is 9.59 Å². The molecule has 0 atom stereocenters. The summed E-state index contributed by atoms with van der Waals surface area (Å²) in [4.78, 5) is 29.6. The van der Waals surface area contributed by atoms with Crippen molar-refractivity contribution in [1.82, 2.24) is 9.69 Å². The van der Waals surface area contributed by atoms with Crippen molar-refractivity contribution in [3.8, 4) is 38.8 Å². The Morgan fingerprint density at radius 2 is 1.74 bits per heavy atom. The van der Waals surface area contributed by atoms with E-state index >= 15 is 0 Å². The van der Waals surface area contributed by atoms with Gasteiger partial charge >= 0.3 is 6.03 Å². The summed E-state index contributed by atoms with van der Waals surface area (Å²) in [7, 11) is 6.06. The standard InChI is InChI=1S/C23H26N4O6S/c1-30-18-11-15(12-19(31-2)21(18)32-3)22-17(13-26-34-22)14-6-5-7-16(10-14)27(33-4)23(29)25-9-8-20(24)28/h5-7,10-13H,8-9H2,1-4H3,(H2,24,28)(H,25,29). The molecular formula is C23H26N4O6S. The quantitative estimate of drug-likeness (QED) is 0.421. The predicted octanol–water partition coefficient (Wildman–Crippen LogP) is 3.46. The molecule has 3 N–H and O–H groups in total. The molecule has 0 saturated carbocycles. The van der Waals surface area contributed by atoms with Gasteiger partial charge in [-0.15, -0.1) is 0 Å². The van der Waals surface area contributed by atoms with E-state index in [0.717, 1.165) is 26.6 Å². The normalized spacial score (nSPS) is 10.5. The molecule has 0 fully saturated rings. The van der Waals surface area contributed by atoms with Gasteiger partial charge in [0.15, 0.2) is 11.5 Å². The van der Waals surface area contributed by atoms with Gasteiger partial charge in [0, 0.05) is 30.3 Å². The van der Waals surface area contributed by atoms with Crippen LogP contribution in [0.2, 0.25) is 0 Å². The molecule has 2 aromatic carbocycles. The number of methoxy groups -OCH3 is 3. The molecule has 1 heterocycles. The number of carbonyl (C=O) groups excluding carboxylic acids is 2. The van der Waals surface area contributed by atoms with Crippen molar-refractivity contribution in [2.45, 2.75) is 6.42 Å². The zero-order valence-corrected chi connectivity index (χ0v) is 20.1. The first kappa shape index (κ1) is 24.8. The van der Waals surface area contributed by atoms with Crippen LogP contribution in [-0.4, -0.2) is 51.3 Å². The van der Waals surface area contributed by atoms with Gasteiger partial charge in [-0.25, -0.2) is 4.79 Å². The molecule has 0 aliphatic heterocycles. The zero-order valence-electron chi connectivity index (χ0n) is 19.3. The fourth-order valence-corrected chi connectivity index (χ4v) is 4.09. The molecule has 0 aliphatic carbocycles. The number of hydroxylamine groups is 1. The first-order valence-electron chi connectivity index (χ1n) is 10.2. The SMILES string of the molecule is COc1cc(-c2sncc2-c2cccc(N(OC)C(=O)NCCC(N)=O)c2)cc(OC)c1OC. The van der Waals surface area contributed by atoms with Gasteiger partial charge in [-0.2, -0.15) is 9.44 Å². The lowest BCUT2D eigenvalue weighted by atomic mass is 10.0. The van der Waals surface area contributed by atoms with E-state index in [1.165, 1.54) is 18.6 Å². The number of aromatic nitrogens is 1. The third kappa shape index (κ3) is 5.38. The van der Waals surface area contributed by atoms with Crippen LogP contribution in [0.25, 0.3) is 21.6 Å². The molecule has 0 unspecified atom stereocenters. The number of carbonyl (C=O) groups is 2. The van der Waals surface area contributed by atoms with Gasteiger partial charge in [0.2, 0.25) is 11.7 Å². The summed E-state index contributed by atoms with van der Waals surface area (Å²) >= 11 is 1.32. The summed E-state index contributed by atoms with van der Waals surface area (Å²) < 4.78 is 20.8. The Morgan fingerprint density at radius 3 is 2.32 bits per heavy atom. The van der Waals surface area contributed by atoms with Crippen LogP contribution in [0.5, 0.6) is 17.2 Å². The average molecular weight is 487 g/mol. The van der Waals surface area contributed by atoms with Crippen LogP contribution in [0.3, 0.4) is 0 Å². The molecule has 34 heavy (non-hydrogen) atoms. The molecule has 0 bridgehead atoms. The second kappa shape index (κ2) is 11.3. The number of hydrogen-bond donors (Lipinski definition) is 2. The predicted molar refractivity (Wildman–Crippen MR) is 129 cm³/mol. The van der Waals surface area contributed by atoms with Gasteiger partial charge in [0.25, 0.3) is 0 Å². The Balaban J connectivity index is 1.96. The van der Waals surface area contributed by atoms with E-state index in [4.69, 9.17) is 24.8 Å². The maximum absolute atomic E-state index is 12.5. The Labute approximate surface area is 201 Å². The number of hydrogen-bond acceptors (Lipinski definition) is 8. The number of nitrogens with zero attached hydrogens (tertiary/aromatic N) is 2. The van der Waals surface area contributed by atoms with Crippen molar-refractivity contribution in [2.75, 3.05) is 40.0 Å². The molecule has 0 saturated heterocycles. The average Bonchev–Trinajstić information content (AvgIpc) is 3.33. The smallest absolute Gasteiger partial charge is 0.346 e. The van der Waals surface area contributed by atoms with Gasteiger partial charge in [0.1, 0.15) is 0 Å². The highest BCUT2D eigenvalue weighted by molar-refractivity contribution is 7.10. The first-order chi connectivity index (χ1) is 16.4. The van der Waals surface area contributed by atoms with Gasteiger partial charge in [-0.3, -0.25) is 9.63 Å². The lowest BCUT2D eigenvalue weighted by molar-refractivity contribution is -0.117. The topological polar surface area (TPSA) is 125 Å². The summed E-state index contributed by atoms with van der Waals surface area (Å²) in [5.41, 5.74) is 8.14. The maximum atomic E-state index is 12.5. The number of nitrogens with two attached hydrogens (primary N) is 1. The summed E-state index contributed by atoms with van der Waals surface area (Å²) in [5.74, 6) is 1.06. The molecule has 11 heteroatoms. The molecule has 1 aromatic heterocycles. The van der Waals surface area contributed by atoms with E-state index in [1.807, 2.05) is 30.3 Å². The van der Waals surface area contributed by atoms with E-state index < -0.39 is 11.9 Å². The van der Waals surface area contributed by atoms with Crippen LogP contribution in [-0.2, 0) is 9.63 Å². The van der Waals surface area contributed by atoms with Gasteiger partial charge in [-0.05, 0) is 41.4 Å². The van der Waals surface area contributed by atoms with Crippen molar-refractivity contribution >= 4 is 29.2 Å². The van der Waals surface area contributed by atoms with E-state index in [1.54, 1.807) is 33.6 Å². The molecular weight excluding hydrogens is 460 g/mol. The summed E-state index contributed by atoms with van der Waals surface area (Å²) in [5, 5.41) is 3.70. The number of ether oxygens (including phenoxy) is 3. The van der Waals surface area contributed by atoms with Crippen molar-refractivity contribution in [1.29, 1.82) is 0 Å². The molecule has 180 valence electrons. The minimum Gasteiger partial charge on any atom is -0.493 e. The number of nitrogens with one attached hydrogen (secondary N) is 1. The minimum atomic E-state index is -0.519. The summed E-state index contributed by atoms with van der Waals surface area (Å²) in [6, 6.07) is 10.5. The minimum absolute atomic E-state index is 0.0298. The Bertz CT molecular complexity index is 1140. The highest BCUT2D eigenvalue weighted by Gasteiger charge is 2.20. The van der Waals surface area contributed by atoms with Crippen molar-refractivity contribution in [2.24, 2.45) is 5.73 Å². The molecule has 3 rings (SSSR count). The van der Waals surface area contributed by atoms with Crippen LogP contribution in [0, 0.1) is 0 Å². The third-order valence-electron chi connectivity index (χ3n) is 4.90. The highest BCUT2D eigenvalue weighted by Crippen LogP contribution is 2.44. The zero-order chi connectivity index (χ0) is 24.7. The molecule has 0 spiro atoms. The number of benzene rings is 2. The van der Waals surface area contributed by atoms with Crippen LogP contribution < -0.4 is 30.3 Å². The third-order valence-corrected chi connectivity index (χ3v) is 5.75. The largest absolute Gasteiger partial charge is 0.493 e. The molecule has 3 amide bonds. The maximum Gasteiger partial charge on any atom is 0.346 e. The van der Waals surface area contributed by atoms with E-state index in [0.29, 0.717) is 22.9 Å². The lowest BCUT2D eigenvalue weighted by Crippen LogP contribution is -2.40. The highest BCUT2D eigenvalue weighted by atomic mass is 32.1. The Kier molecular flexibility index (Phi) is 8.28. The number of urea groups is 1. The van der Waals surface area contributed by atoms with Gasteiger partial charge in [-0.1, -0.05) is 12.1 Å². The van der Waals surface area contributed by atoms with Crippen LogP contribution in [0.15, 0.2) is 42.6 Å². The van der Waals surface area contributed by atoms with Crippen molar-refractivity contribution in [3.05, 3.63) is 42.6 Å². The lowest BCUT2D eigenvalue weighted by Gasteiger charge is -2.20. The second-order valence-corrected chi connectivity index (χ2v) is 7.76. The number of anilines is 1. The fraction of sp³-hybridized carbons (Fsp3) is 0.261. The van der Waals surface area contributed by atoms with Gasteiger partial charge < -0.3 is 25.3 Å². The van der Waals surface area contributed by atoms with E-state index in [2.05, 4.69) is 9.69 Å².